The van der Waals surface area contributed by atoms with Crippen molar-refractivity contribution in [3.05, 3.63) is 41.7 Å². The SMILES string of the molecule is CO[C@@]12C=C[C@@H](O1)c1cnccc12. The quantitative estimate of drug-likeness (QED) is 0.606. The van der Waals surface area contributed by atoms with Crippen LogP contribution in [0.1, 0.15) is 17.2 Å². The van der Waals surface area contributed by atoms with Crippen LogP contribution in [0.15, 0.2) is 30.6 Å². The Balaban J connectivity index is 2.25. The molecule has 2 aliphatic heterocycles. The van der Waals surface area contributed by atoms with Gasteiger partial charge in [-0.3, -0.25) is 4.98 Å². The molecule has 2 atom stereocenters. The van der Waals surface area contributed by atoms with Crippen molar-refractivity contribution in [2.24, 2.45) is 0 Å². The Morgan fingerprint density at radius 1 is 1.62 bits per heavy atom. The average molecular weight is 175 g/mol. The zero-order valence-electron chi connectivity index (χ0n) is 7.23. The largest absolute Gasteiger partial charge is 0.346 e. The topological polar surface area (TPSA) is 31.4 Å². The summed E-state index contributed by atoms with van der Waals surface area (Å²) >= 11 is 0. The van der Waals surface area contributed by atoms with E-state index in [-0.39, 0.29) is 6.10 Å². The molecule has 0 saturated carbocycles. The van der Waals surface area contributed by atoms with Crippen molar-refractivity contribution in [3.63, 3.8) is 0 Å². The fourth-order valence-corrected chi connectivity index (χ4v) is 1.98. The Labute approximate surface area is 76.0 Å². The van der Waals surface area contributed by atoms with Crippen molar-refractivity contribution in [3.8, 4) is 0 Å². The molecule has 13 heavy (non-hydrogen) atoms. The fraction of sp³-hybridized carbons (Fsp3) is 0.300. The highest BCUT2D eigenvalue weighted by Gasteiger charge is 2.47. The third-order valence-corrected chi connectivity index (χ3v) is 2.63. The van der Waals surface area contributed by atoms with Crippen LogP contribution >= 0.6 is 0 Å². The van der Waals surface area contributed by atoms with Crippen molar-refractivity contribution < 1.29 is 9.47 Å². The van der Waals surface area contributed by atoms with Gasteiger partial charge >= 0.3 is 0 Å². The predicted octanol–water partition coefficient (Wildman–Crippen LogP) is 1.52. The third-order valence-electron chi connectivity index (χ3n) is 2.63. The van der Waals surface area contributed by atoms with Crippen LogP contribution in [0.4, 0.5) is 0 Å². The third kappa shape index (κ3) is 0.734. The molecule has 0 aromatic carbocycles. The second-order valence-corrected chi connectivity index (χ2v) is 3.23. The van der Waals surface area contributed by atoms with Crippen LogP contribution in [0.2, 0.25) is 0 Å². The number of pyridine rings is 1. The van der Waals surface area contributed by atoms with Crippen molar-refractivity contribution >= 4 is 0 Å². The molecule has 3 rings (SSSR count). The molecule has 1 aromatic rings. The van der Waals surface area contributed by atoms with Crippen molar-refractivity contribution in [1.29, 1.82) is 0 Å². The molecule has 0 unspecified atom stereocenters. The number of hydrogen-bond donors (Lipinski definition) is 0. The zero-order valence-corrected chi connectivity index (χ0v) is 7.23. The number of nitrogens with zero attached hydrogens (tertiary/aromatic N) is 1. The van der Waals surface area contributed by atoms with E-state index in [1.165, 1.54) is 0 Å². The van der Waals surface area contributed by atoms with Crippen LogP contribution in [-0.4, -0.2) is 12.1 Å². The second kappa shape index (κ2) is 2.19. The minimum Gasteiger partial charge on any atom is -0.346 e. The number of hydrogen-bond acceptors (Lipinski definition) is 3. The summed E-state index contributed by atoms with van der Waals surface area (Å²) in [7, 11) is 1.66. The summed E-state index contributed by atoms with van der Waals surface area (Å²) in [5, 5.41) is 0. The lowest BCUT2D eigenvalue weighted by Crippen LogP contribution is -2.22. The van der Waals surface area contributed by atoms with Crippen molar-refractivity contribution in [1.82, 2.24) is 4.98 Å². The van der Waals surface area contributed by atoms with E-state index in [4.69, 9.17) is 9.47 Å². The molecule has 2 aliphatic rings. The van der Waals surface area contributed by atoms with Gasteiger partial charge < -0.3 is 9.47 Å². The fourth-order valence-electron chi connectivity index (χ4n) is 1.98. The smallest absolute Gasteiger partial charge is 0.216 e. The molecule has 0 aliphatic carbocycles. The van der Waals surface area contributed by atoms with E-state index in [1.54, 1.807) is 13.3 Å². The van der Waals surface area contributed by atoms with Gasteiger partial charge in [-0.15, -0.1) is 0 Å². The highest BCUT2D eigenvalue weighted by molar-refractivity contribution is 5.43. The van der Waals surface area contributed by atoms with Gasteiger partial charge in [0.05, 0.1) is 0 Å². The van der Waals surface area contributed by atoms with Gasteiger partial charge in [0.25, 0.3) is 0 Å². The highest BCUT2D eigenvalue weighted by Crippen LogP contribution is 2.49. The van der Waals surface area contributed by atoms with E-state index in [9.17, 15) is 0 Å². The lowest BCUT2D eigenvalue weighted by atomic mass is 9.97. The molecular formula is C10H9NO2. The summed E-state index contributed by atoms with van der Waals surface area (Å²) in [6.45, 7) is 0. The summed E-state index contributed by atoms with van der Waals surface area (Å²) in [5.41, 5.74) is 2.20. The Morgan fingerprint density at radius 2 is 2.54 bits per heavy atom. The number of ether oxygens (including phenoxy) is 2. The first-order valence-corrected chi connectivity index (χ1v) is 4.22. The summed E-state index contributed by atoms with van der Waals surface area (Å²) in [5.74, 6) is -0.636. The summed E-state index contributed by atoms with van der Waals surface area (Å²) in [6, 6.07) is 1.95. The zero-order chi connectivity index (χ0) is 8.89. The van der Waals surface area contributed by atoms with Gasteiger partial charge in [-0.05, 0) is 18.2 Å². The van der Waals surface area contributed by atoms with Gasteiger partial charge in [0.2, 0.25) is 5.79 Å². The average Bonchev–Trinajstić information content (AvgIpc) is 2.75. The van der Waals surface area contributed by atoms with Crippen LogP contribution in [0.25, 0.3) is 0 Å². The van der Waals surface area contributed by atoms with Crippen LogP contribution in [0.5, 0.6) is 0 Å². The van der Waals surface area contributed by atoms with Gasteiger partial charge in [-0.2, -0.15) is 0 Å². The summed E-state index contributed by atoms with van der Waals surface area (Å²) in [6.07, 6.45) is 7.60. The molecule has 0 spiro atoms. The Hall–Kier alpha value is -1.19. The van der Waals surface area contributed by atoms with Gasteiger partial charge in [0.1, 0.15) is 6.10 Å². The molecule has 66 valence electrons. The minimum absolute atomic E-state index is 0.0312. The number of fused-ring (bicyclic) bond motifs is 5. The molecule has 0 amide bonds. The molecule has 0 saturated heterocycles. The molecule has 3 heteroatoms. The second-order valence-electron chi connectivity index (χ2n) is 3.23. The minimum atomic E-state index is -0.636. The molecular weight excluding hydrogens is 166 g/mol. The molecule has 3 heterocycles. The maximum absolute atomic E-state index is 5.71. The predicted molar refractivity (Wildman–Crippen MR) is 45.9 cm³/mol. The van der Waals surface area contributed by atoms with Crippen LogP contribution in [0.3, 0.4) is 0 Å². The van der Waals surface area contributed by atoms with E-state index in [0.29, 0.717) is 0 Å². The molecule has 0 N–H and O–H groups in total. The van der Waals surface area contributed by atoms with Crippen LogP contribution in [0, 0.1) is 0 Å². The van der Waals surface area contributed by atoms with E-state index >= 15 is 0 Å². The molecule has 1 aromatic heterocycles. The molecule has 0 fully saturated rings. The lowest BCUT2D eigenvalue weighted by molar-refractivity contribution is -0.184. The van der Waals surface area contributed by atoms with Gasteiger partial charge in [0, 0.05) is 30.6 Å². The van der Waals surface area contributed by atoms with Crippen molar-refractivity contribution in [2.75, 3.05) is 7.11 Å². The standard InChI is InChI=1S/C10H9NO2/c1-12-10-4-2-9(13-10)7-6-11-5-3-8(7)10/h2-6,9H,1H3/t9-,10+/m1/s1. The number of aromatic nitrogens is 1. The summed E-state index contributed by atoms with van der Waals surface area (Å²) in [4.78, 5) is 4.07. The van der Waals surface area contributed by atoms with Gasteiger partial charge in [-0.1, -0.05) is 0 Å². The van der Waals surface area contributed by atoms with E-state index in [1.807, 2.05) is 24.4 Å². The van der Waals surface area contributed by atoms with E-state index in [0.717, 1.165) is 11.1 Å². The van der Waals surface area contributed by atoms with Gasteiger partial charge in [0.15, 0.2) is 0 Å². The number of methoxy groups -OCH3 is 1. The first kappa shape index (κ1) is 7.24. The lowest BCUT2D eigenvalue weighted by Gasteiger charge is -2.21. The molecule has 3 nitrogen and oxygen atoms in total. The normalized spacial score (nSPS) is 33.8. The van der Waals surface area contributed by atoms with Crippen LogP contribution < -0.4 is 0 Å². The first-order valence-electron chi connectivity index (χ1n) is 4.22. The molecule has 0 radical (unpaired) electrons. The maximum Gasteiger partial charge on any atom is 0.216 e. The van der Waals surface area contributed by atoms with Crippen LogP contribution in [-0.2, 0) is 15.3 Å². The molecule has 2 bridgehead atoms. The number of rotatable bonds is 1. The highest BCUT2D eigenvalue weighted by atomic mass is 16.7. The Morgan fingerprint density at radius 3 is 3.38 bits per heavy atom. The van der Waals surface area contributed by atoms with E-state index < -0.39 is 5.79 Å². The van der Waals surface area contributed by atoms with Crippen molar-refractivity contribution in [2.45, 2.75) is 11.9 Å². The van der Waals surface area contributed by atoms with E-state index in [2.05, 4.69) is 4.98 Å². The Kier molecular flexibility index (Phi) is 1.22. The van der Waals surface area contributed by atoms with Gasteiger partial charge in [-0.25, -0.2) is 0 Å². The maximum atomic E-state index is 5.71. The Bertz CT molecular complexity index is 388. The summed E-state index contributed by atoms with van der Waals surface area (Å²) < 4.78 is 11.1. The first-order chi connectivity index (χ1) is 6.36. The monoisotopic (exact) mass is 175 g/mol.